The van der Waals surface area contributed by atoms with E-state index in [1.807, 2.05) is 127 Å². The molecule has 15 aromatic carbocycles. The first-order valence-electron chi connectivity index (χ1n) is 45.3. The summed E-state index contributed by atoms with van der Waals surface area (Å²) < 4.78 is 171. The Kier molecular flexibility index (Phi) is 12.1. The zero-order valence-electron chi connectivity index (χ0n) is 79.0. The Hall–Kier alpha value is -12.4. The van der Waals surface area contributed by atoms with Crippen LogP contribution in [0.2, 0.25) is 0 Å². The summed E-state index contributed by atoms with van der Waals surface area (Å²) in [7, 11) is 0. The molecule has 3 heterocycles. The van der Waals surface area contributed by atoms with E-state index in [2.05, 4.69) is 163 Å². The van der Waals surface area contributed by atoms with Gasteiger partial charge in [0, 0.05) is 67.4 Å². The number of anilines is 9. The Morgan fingerprint density at radius 2 is 0.710 bits per heavy atom. The number of benzene rings is 15. The van der Waals surface area contributed by atoms with E-state index in [0.717, 1.165) is 100 Å². The molecule has 0 N–H and O–H groups in total. The van der Waals surface area contributed by atoms with Crippen LogP contribution in [0.25, 0.3) is 94.3 Å². The second-order valence-electron chi connectivity index (χ2n) is 30.9. The van der Waals surface area contributed by atoms with Gasteiger partial charge in [0.1, 0.15) is 0 Å². The molecule has 2 aliphatic rings. The number of hydrogen-bond acceptors (Lipinski definition) is 3. The molecular weight excluding hydrogens is 1290 g/mol. The summed E-state index contributed by atoms with van der Waals surface area (Å²) in [5.41, 5.74) is 17.5. The van der Waals surface area contributed by atoms with Crippen LogP contribution in [0.4, 0.5) is 51.2 Å². The van der Waals surface area contributed by atoms with Crippen LogP contribution in [0.15, 0.2) is 351 Å². The highest BCUT2D eigenvalue weighted by Gasteiger charge is 2.46. The average Bonchev–Trinajstić information content (AvgIpc) is 1.20. The highest BCUT2D eigenvalue weighted by Crippen LogP contribution is 2.55. The Bertz CT molecular complexity index is 6920. The summed E-state index contributed by atoms with van der Waals surface area (Å²) in [5.74, 6) is 0. The molecule has 516 valence electrons. The molecule has 0 unspecified atom stereocenters. The first-order chi connectivity index (χ1) is 59.4. The Morgan fingerprint density at radius 3 is 1.21 bits per heavy atom. The zero-order valence-corrected chi connectivity index (χ0v) is 61.0. The third-order valence-electron chi connectivity index (χ3n) is 21.0. The predicted octanol–water partition coefficient (Wildman–Crippen LogP) is 26.2. The largest absolute Gasteiger partial charge is 0.311 e. The van der Waals surface area contributed by atoms with Crippen LogP contribution >= 0.6 is 0 Å². The predicted molar refractivity (Wildman–Crippen MR) is 458 cm³/mol. The lowest BCUT2D eigenvalue weighted by atomic mass is 9.33. The number of nitrogens with zero attached hydrogens (tertiary/aromatic N) is 4. The van der Waals surface area contributed by atoms with Crippen molar-refractivity contribution in [3.05, 3.63) is 368 Å². The summed E-state index contributed by atoms with van der Waals surface area (Å²) in [5, 5.41) is -0.266. The number of aromatic nitrogens is 1. The zero-order chi connectivity index (χ0) is 88.5. The molecule has 107 heavy (non-hydrogen) atoms. The van der Waals surface area contributed by atoms with Crippen LogP contribution in [0, 0.1) is 0 Å². The second-order valence-corrected chi connectivity index (χ2v) is 30.9. The molecule has 2 aliphatic heterocycles. The van der Waals surface area contributed by atoms with Gasteiger partial charge < -0.3 is 19.3 Å². The lowest BCUT2D eigenvalue weighted by Gasteiger charge is -2.46. The molecule has 0 atom stereocenters. The molecule has 5 heteroatoms. The molecule has 1 aromatic heterocycles. The minimum absolute atomic E-state index is 0.0352. The van der Waals surface area contributed by atoms with Crippen molar-refractivity contribution in [3.63, 3.8) is 0 Å². The highest BCUT2D eigenvalue weighted by molar-refractivity contribution is 7.00. The normalized spacial score (nSPS) is 15.0. The van der Waals surface area contributed by atoms with Crippen molar-refractivity contribution in [3.8, 4) is 72.4 Å². The lowest BCUT2D eigenvalue weighted by molar-refractivity contribution is 0.569. The second kappa shape index (κ2) is 26.3. The molecule has 16 aromatic rings. The van der Waals surface area contributed by atoms with Crippen LogP contribution < -0.4 is 31.1 Å². The quantitative estimate of drug-likeness (QED) is 0.113. The molecule has 0 radical (unpaired) electrons. The van der Waals surface area contributed by atoms with E-state index < -0.39 is 121 Å². The number of fused-ring (bicyclic) bond motifs is 7. The van der Waals surface area contributed by atoms with Gasteiger partial charge in [-0.15, -0.1) is 0 Å². The van der Waals surface area contributed by atoms with E-state index in [9.17, 15) is 17.8 Å². The van der Waals surface area contributed by atoms with Gasteiger partial charge in [-0.1, -0.05) is 311 Å². The van der Waals surface area contributed by atoms with Crippen molar-refractivity contribution in [2.75, 3.05) is 14.7 Å². The van der Waals surface area contributed by atoms with Crippen molar-refractivity contribution in [1.82, 2.24) is 4.57 Å². The first kappa shape index (κ1) is 49.3. The van der Waals surface area contributed by atoms with Crippen LogP contribution in [0.3, 0.4) is 0 Å². The standard InChI is InChI=1S/C102H85BN4/c1-100(2,3)78-57-77(58-79(63-78)101(4,5)6)74-49-55-91-95(62-74)107(99-88(71-38-22-13-23-39-71)64-80(102(7,8)9)65-89(99)72-40-24-14-25-41-72)97-67-85(104(81-42-26-15-27-43-81)82-50-52-83(53-51-82)105-92-46-30-28-44-86(92)87-45-29-31-47-93(87)105)66-96-98(97)103(91)90-54-48-73(68-32-16-10-17-33-68)61-94(90)106(96)84-59-75(69-34-18-11-19-35-69)56-76(60-84)70-36-20-12-21-37-70/h10-67H,1-9H3/i10D,15D,16D,17D,26D,27D,28D,29D,30D,31D,32D,33D,42D,43D,44D,45D,46D,47D. The van der Waals surface area contributed by atoms with Crippen LogP contribution in [-0.4, -0.2) is 11.3 Å². The molecule has 4 nitrogen and oxygen atoms in total. The van der Waals surface area contributed by atoms with Crippen molar-refractivity contribution in [2.24, 2.45) is 0 Å². The fourth-order valence-electron chi connectivity index (χ4n) is 15.5. The van der Waals surface area contributed by atoms with E-state index >= 15 is 0 Å². The summed E-state index contributed by atoms with van der Waals surface area (Å²) >= 11 is 0. The number of hydrogen-bond donors (Lipinski definition) is 0. The minimum atomic E-state index is -0.747. The molecule has 0 amide bonds. The van der Waals surface area contributed by atoms with Crippen LogP contribution in [-0.2, 0) is 16.2 Å². The summed E-state index contributed by atoms with van der Waals surface area (Å²) in [6, 6.07) is 71.3. The fraction of sp³-hybridized carbons (Fsp3) is 0.118. The molecule has 0 saturated carbocycles. The third-order valence-corrected chi connectivity index (χ3v) is 21.0. The van der Waals surface area contributed by atoms with E-state index in [0.29, 0.717) is 28.3 Å². The topological polar surface area (TPSA) is 14.7 Å². The lowest BCUT2D eigenvalue weighted by Crippen LogP contribution is -2.61. The van der Waals surface area contributed by atoms with Gasteiger partial charge in [-0.3, -0.25) is 0 Å². The van der Waals surface area contributed by atoms with Gasteiger partial charge in [-0.05, 0) is 208 Å². The van der Waals surface area contributed by atoms with Crippen molar-refractivity contribution < 1.29 is 24.7 Å². The number of rotatable bonds is 12. The molecule has 18 rings (SSSR count). The van der Waals surface area contributed by atoms with Gasteiger partial charge in [0.05, 0.1) is 47.1 Å². The fourth-order valence-corrected chi connectivity index (χ4v) is 15.5. The van der Waals surface area contributed by atoms with E-state index in [4.69, 9.17) is 6.85 Å². The minimum Gasteiger partial charge on any atom is -0.311 e. The van der Waals surface area contributed by atoms with Crippen molar-refractivity contribution in [1.29, 1.82) is 0 Å². The van der Waals surface area contributed by atoms with E-state index in [1.165, 1.54) is 4.57 Å². The SMILES string of the molecule is [2H]c1c([2H])c([2H])c(-c2ccc3c(c2)N(c2cc(-c4ccccc4)cc(-c4ccccc4)c2)c2cc(N(c4ccc(-n5c6c([2H])c([2H])c([2H])c([2H])c6c6c([2H])c([2H])c([2H])c([2H])c65)cc4)c4c([2H])c([2H])c([2H])c([2H])c4[2H])cc4c2B3c2ccc(-c3cc(C(C)(C)C)cc(C(C)(C)C)c3)cc2N4c2c(-c3ccccc3)cc(C(C)(C)C)cc2-c2ccccc2)c([2H])c1[2H]. The summed E-state index contributed by atoms with van der Waals surface area (Å²) in [4.78, 5) is 6.12. The van der Waals surface area contributed by atoms with Gasteiger partial charge in [0.25, 0.3) is 6.71 Å². The Labute approximate surface area is 656 Å². The molecule has 0 aliphatic carbocycles. The Morgan fingerprint density at radius 1 is 0.290 bits per heavy atom. The molecule has 0 bridgehead atoms. The van der Waals surface area contributed by atoms with Gasteiger partial charge in [-0.2, -0.15) is 0 Å². The van der Waals surface area contributed by atoms with Gasteiger partial charge in [0.15, 0.2) is 0 Å². The maximum absolute atomic E-state index is 10.3. The summed E-state index contributed by atoms with van der Waals surface area (Å²) in [6.45, 7) is 19.2. The molecule has 0 spiro atoms. The first-order valence-corrected chi connectivity index (χ1v) is 36.3. The smallest absolute Gasteiger partial charge is 0.252 e. The monoisotopic (exact) mass is 1390 g/mol. The molecular formula is C102H85BN4. The third kappa shape index (κ3) is 12.0. The van der Waals surface area contributed by atoms with Crippen LogP contribution in [0.1, 0.15) is 104 Å². The Balaban J connectivity index is 1.05. The molecule has 0 saturated heterocycles. The van der Waals surface area contributed by atoms with Gasteiger partial charge >= 0.3 is 0 Å². The number of para-hydroxylation sites is 3. The highest BCUT2D eigenvalue weighted by atomic mass is 15.2. The maximum Gasteiger partial charge on any atom is 0.252 e. The maximum atomic E-state index is 10.3. The molecule has 0 fully saturated rings. The van der Waals surface area contributed by atoms with Crippen molar-refractivity contribution in [2.45, 2.75) is 78.6 Å². The van der Waals surface area contributed by atoms with Gasteiger partial charge in [0.2, 0.25) is 0 Å². The van der Waals surface area contributed by atoms with E-state index in [1.54, 1.807) is 29.2 Å². The summed E-state index contributed by atoms with van der Waals surface area (Å²) in [6.07, 6.45) is 0. The van der Waals surface area contributed by atoms with Gasteiger partial charge in [-0.25, -0.2) is 0 Å². The van der Waals surface area contributed by atoms with Crippen LogP contribution in [0.5, 0.6) is 0 Å². The van der Waals surface area contributed by atoms with E-state index in [-0.39, 0.29) is 60.9 Å². The average molecular weight is 1400 g/mol. The van der Waals surface area contributed by atoms with Crippen molar-refractivity contribution >= 4 is 96.1 Å².